The molecule has 0 bridgehead atoms. The molecule has 23 heavy (non-hydrogen) atoms. The third kappa shape index (κ3) is 3.29. The van der Waals surface area contributed by atoms with Crippen LogP contribution in [0.5, 0.6) is 11.5 Å². The van der Waals surface area contributed by atoms with Gasteiger partial charge in [-0.3, -0.25) is 20.2 Å². The number of azo groups is 1. The molecular weight excluding hydrogens is 310 g/mol. The molecule has 0 saturated heterocycles. The van der Waals surface area contributed by atoms with Gasteiger partial charge in [-0.2, -0.15) is 0 Å². The number of benzene rings is 2. The second-order valence-corrected chi connectivity index (χ2v) is 4.29. The van der Waals surface area contributed by atoms with E-state index in [1.807, 2.05) is 0 Å². The molecule has 2 aromatic rings. The van der Waals surface area contributed by atoms with Gasteiger partial charge in [-0.25, -0.2) is 0 Å². The van der Waals surface area contributed by atoms with Crippen LogP contribution in [0, 0.1) is 20.2 Å². The van der Waals surface area contributed by atoms with Crippen molar-refractivity contribution in [2.75, 3.05) is 5.73 Å². The van der Waals surface area contributed by atoms with Crippen LogP contribution in [0.4, 0.5) is 28.4 Å². The quantitative estimate of drug-likeness (QED) is 0.335. The van der Waals surface area contributed by atoms with Crippen molar-refractivity contribution >= 4 is 28.4 Å². The third-order valence-corrected chi connectivity index (χ3v) is 2.73. The lowest BCUT2D eigenvalue weighted by atomic mass is 10.2. The van der Waals surface area contributed by atoms with Crippen LogP contribution in [0.1, 0.15) is 0 Å². The average Bonchev–Trinajstić information content (AvgIpc) is 2.47. The number of anilines is 1. The maximum atomic E-state index is 10.8. The van der Waals surface area contributed by atoms with Gasteiger partial charge in [0.05, 0.1) is 15.9 Å². The Labute approximate surface area is 127 Å². The van der Waals surface area contributed by atoms with E-state index in [0.717, 1.165) is 6.07 Å². The first-order chi connectivity index (χ1) is 10.8. The van der Waals surface area contributed by atoms with Gasteiger partial charge in [-0.1, -0.05) is 0 Å². The number of phenols is 2. The molecular formula is C12H9N5O6. The number of nitrogens with two attached hydrogens (primary N) is 1. The van der Waals surface area contributed by atoms with E-state index in [2.05, 4.69) is 10.2 Å². The highest BCUT2D eigenvalue weighted by Gasteiger charge is 2.24. The molecule has 4 N–H and O–H groups in total. The summed E-state index contributed by atoms with van der Waals surface area (Å²) in [6.45, 7) is 0. The zero-order valence-electron chi connectivity index (χ0n) is 11.3. The Bertz CT molecular complexity index is 835. The Morgan fingerprint density at radius 1 is 0.957 bits per heavy atom. The van der Waals surface area contributed by atoms with E-state index in [4.69, 9.17) is 5.73 Å². The Hall–Kier alpha value is -3.76. The van der Waals surface area contributed by atoms with Crippen molar-refractivity contribution < 1.29 is 20.1 Å². The van der Waals surface area contributed by atoms with Crippen LogP contribution in [0.3, 0.4) is 0 Å². The Kier molecular flexibility index (Phi) is 4.03. The zero-order chi connectivity index (χ0) is 17.1. The van der Waals surface area contributed by atoms with Crippen LogP contribution < -0.4 is 5.73 Å². The summed E-state index contributed by atoms with van der Waals surface area (Å²) in [5.74, 6) is -1.19. The van der Waals surface area contributed by atoms with Gasteiger partial charge >= 0.3 is 5.69 Å². The number of hydrogen-bond acceptors (Lipinski definition) is 9. The van der Waals surface area contributed by atoms with Gasteiger partial charge in [0.1, 0.15) is 17.1 Å². The maximum absolute atomic E-state index is 10.8. The third-order valence-electron chi connectivity index (χ3n) is 2.73. The predicted octanol–water partition coefficient (Wildman–Crippen LogP) is 2.91. The Balaban J connectivity index is 2.52. The molecule has 0 spiro atoms. The largest absolute Gasteiger partial charge is 0.506 e. The van der Waals surface area contributed by atoms with Crippen molar-refractivity contribution in [2.24, 2.45) is 10.2 Å². The molecule has 0 radical (unpaired) electrons. The molecule has 0 aliphatic rings. The fourth-order valence-electron chi connectivity index (χ4n) is 1.64. The molecule has 0 heterocycles. The number of rotatable bonds is 4. The summed E-state index contributed by atoms with van der Waals surface area (Å²) in [5.41, 5.74) is 3.68. The fraction of sp³-hybridized carbons (Fsp3) is 0. The molecule has 118 valence electrons. The van der Waals surface area contributed by atoms with E-state index in [1.54, 1.807) is 0 Å². The summed E-state index contributed by atoms with van der Waals surface area (Å²) in [4.78, 5) is 19.7. The molecule has 0 aromatic heterocycles. The number of nitro benzene ring substituents is 2. The van der Waals surface area contributed by atoms with Crippen LogP contribution in [0.15, 0.2) is 40.6 Å². The second kappa shape index (κ2) is 5.93. The van der Waals surface area contributed by atoms with Crippen molar-refractivity contribution in [3.05, 3.63) is 50.6 Å². The molecule has 11 nitrogen and oxygen atoms in total. The summed E-state index contributed by atoms with van der Waals surface area (Å²) in [5, 5.41) is 48.1. The van der Waals surface area contributed by atoms with Gasteiger partial charge in [0.15, 0.2) is 0 Å². The van der Waals surface area contributed by atoms with Crippen LogP contribution in [-0.2, 0) is 0 Å². The SMILES string of the molecule is Nc1ccc(N=Nc2cc([N+](=O)[O-])cc([N+](=O)[O-])c2O)c(O)c1. The van der Waals surface area contributed by atoms with Crippen molar-refractivity contribution in [3.8, 4) is 11.5 Å². The average molecular weight is 319 g/mol. The standard InChI is InChI=1S/C12H9N5O6/c13-6-1-2-8(11(18)3-6)14-15-9-4-7(16(20)21)5-10(12(9)19)17(22)23/h1-5,18-19H,13H2. The van der Waals surface area contributed by atoms with Crippen LogP contribution >= 0.6 is 0 Å². The molecule has 11 heteroatoms. The molecule has 0 fully saturated rings. The van der Waals surface area contributed by atoms with Crippen LogP contribution in [0.25, 0.3) is 0 Å². The molecule has 0 aliphatic heterocycles. The number of phenolic OH excluding ortho intramolecular Hbond substituents is 2. The first-order valence-electron chi connectivity index (χ1n) is 5.95. The molecule has 2 aromatic carbocycles. The highest BCUT2D eigenvalue weighted by atomic mass is 16.6. The van der Waals surface area contributed by atoms with Gasteiger partial charge < -0.3 is 15.9 Å². The van der Waals surface area contributed by atoms with E-state index in [0.29, 0.717) is 6.07 Å². The van der Waals surface area contributed by atoms with Crippen LogP contribution in [0.2, 0.25) is 0 Å². The van der Waals surface area contributed by atoms with Gasteiger partial charge in [-0.15, -0.1) is 10.2 Å². The lowest BCUT2D eigenvalue weighted by molar-refractivity contribution is -0.394. The molecule has 0 saturated carbocycles. The van der Waals surface area contributed by atoms with E-state index in [9.17, 15) is 30.4 Å². The molecule has 0 aliphatic carbocycles. The van der Waals surface area contributed by atoms with E-state index in [1.165, 1.54) is 18.2 Å². The minimum absolute atomic E-state index is 0.0345. The minimum Gasteiger partial charge on any atom is -0.506 e. The van der Waals surface area contributed by atoms with Gasteiger partial charge in [0.2, 0.25) is 5.75 Å². The summed E-state index contributed by atoms with van der Waals surface area (Å²) in [7, 11) is 0. The number of non-ortho nitro benzene ring substituents is 1. The van der Waals surface area contributed by atoms with Gasteiger partial charge in [-0.05, 0) is 12.1 Å². The zero-order valence-corrected chi connectivity index (χ0v) is 11.3. The Morgan fingerprint density at radius 3 is 2.17 bits per heavy atom. The predicted molar refractivity (Wildman–Crippen MR) is 78.1 cm³/mol. The van der Waals surface area contributed by atoms with Crippen molar-refractivity contribution in [1.29, 1.82) is 0 Å². The lowest BCUT2D eigenvalue weighted by Gasteiger charge is -2.01. The first kappa shape index (κ1) is 15.6. The molecule has 0 unspecified atom stereocenters. The van der Waals surface area contributed by atoms with Crippen molar-refractivity contribution in [1.82, 2.24) is 0 Å². The van der Waals surface area contributed by atoms with Gasteiger partial charge in [0.25, 0.3) is 5.69 Å². The van der Waals surface area contributed by atoms with Gasteiger partial charge in [0, 0.05) is 17.8 Å². The highest BCUT2D eigenvalue weighted by Crippen LogP contribution is 2.41. The topological polar surface area (TPSA) is 177 Å². The summed E-state index contributed by atoms with van der Waals surface area (Å²) < 4.78 is 0. The summed E-state index contributed by atoms with van der Waals surface area (Å²) >= 11 is 0. The first-order valence-corrected chi connectivity index (χ1v) is 5.95. The monoisotopic (exact) mass is 319 g/mol. The van der Waals surface area contributed by atoms with E-state index >= 15 is 0 Å². The number of aromatic hydroxyl groups is 2. The lowest BCUT2D eigenvalue weighted by Crippen LogP contribution is -1.93. The van der Waals surface area contributed by atoms with Crippen molar-refractivity contribution in [2.45, 2.75) is 0 Å². The smallest absolute Gasteiger partial charge is 0.319 e. The number of hydrogen-bond donors (Lipinski definition) is 3. The van der Waals surface area contributed by atoms with Crippen LogP contribution in [-0.4, -0.2) is 20.1 Å². The highest BCUT2D eigenvalue weighted by molar-refractivity contribution is 5.68. The number of nitro groups is 2. The minimum atomic E-state index is -0.984. The normalized spacial score (nSPS) is 10.8. The number of nitrogens with zero attached hydrogens (tertiary/aromatic N) is 4. The molecule has 2 rings (SSSR count). The maximum Gasteiger partial charge on any atom is 0.319 e. The summed E-state index contributed by atoms with van der Waals surface area (Å²) in [6.07, 6.45) is 0. The molecule has 0 atom stereocenters. The molecule has 0 amide bonds. The number of nitrogen functional groups attached to an aromatic ring is 1. The Morgan fingerprint density at radius 2 is 1.61 bits per heavy atom. The second-order valence-electron chi connectivity index (χ2n) is 4.29. The van der Waals surface area contributed by atoms with E-state index < -0.39 is 32.7 Å². The van der Waals surface area contributed by atoms with Crippen molar-refractivity contribution in [3.63, 3.8) is 0 Å². The fourth-order valence-corrected chi connectivity index (χ4v) is 1.64. The van der Waals surface area contributed by atoms with E-state index in [-0.39, 0.29) is 17.1 Å². The summed E-state index contributed by atoms with van der Waals surface area (Å²) in [6, 6.07) is 5.36.